The highest BCUT2D eigenvalue weighted by molar-refractivity contribution is 5.86. The van der Waals surface area contributed by atoms with Crippen LogP contribution in [0.5, 0.6) is 0 Å². The molecule has 0 N–H and O–H groups in total. The molecular formula is C24H16N2. The number of fused-ring (bicyclic) bond motifs is 1. The van der Waals surface area contributed by atoms with Crippen molar-refractivity contribution in [3.05, 3.63) is 108 Å². The van der Waals surface area contributed by atoms with Gasteiger partial charge in [0.05, 0.1) is 12.1 Å². The molecule has 26 heavy (non-hydrogen) atoms. The number of benzene rings is 2. The van der Waals surface area contributed by atoms with Crippen molar-refractivity contribution in [1.82, 2.24) is 0 Å². The summed E-state index contributed by atoms with van der Waals surface area (Å²) >= 11 is 0. The van der Waals surface area contributed by atoms with E-state index in [0.29, 0.717) is 0 Å². The largest absolute Gasteiger partial charge is 0.196 e. The third kappa shape index (κ3) is 2.41. The second kappa shape index (κ2) is 6.36. The summed E-state index contributed by atoms with van der Waals surface area (Å²) in [5.41, 5.74) is 3.57. The maximum Gasteiger partial charge on any atom is 0.179 e. The number of hydrogen-bond acceptors (Lipinski definition) is 2. The fraction of sp³-hybridized carbons (Fsp3) is 0.0833. The summed E-state index contributed by atoms with van der Waals surface area (Å²) in [6.45, 7) is 0. The lowest BCUT2D eigenvalue weighted by atomic mass is 9.72. The van der Waals surface area contributed by atoms with Gasteiger partial charge in [-0.15, -0.1) is 0 Å². The highest BCUT2D eigenvalue weighted by Gasteiger charge is 2.48. The summed E-state index contributed by atoms with van der Waals surface area (Å²) in [5, 5.41) is 20.1. The number of allylic oxidation sites excluding steroid dienone is 8. The zero-order valence-corrected chi connectivity index (χ0v) is 14.1. The highest BCUT2D eigenvalue weighted by atomic mass is 14.5. The number of nitriles is 2. The van der Waals surface area contributed by atoms with Crippen LogP contribution in [0.25, 0.3) is 11.1 Å². The minimum absolute atomic E-state index is 0.294. The number of rotatable bonds is 2. The van der Waals surface area contributed by atoms with Gasteiger partial charge in [-0.05, 0) is 27.8 Å². The predicted octanol–water partition coefficient (Wildman–Crippen LogP) is 5.31. The predicted molar refractivity (Wildman–Crippen MR) is 103 cm³/mol. The number of hydrogen-bond donors (Lipinski definition) is 0. The Bertz CT molecular complexity index is 1020. The van der Waals surface area contributed by atoms with Gasteiger partial charge in [0.1, 0.15) is 0 Å². The minimum atomic E-state index is -1.22. The first kappa shape index (κ1) is 15.9. The Morgan fingerprint density at radius 3 is 2.04 bits per heavy atom. The molecule has 2 aliphatic carbocycles. The Hall–Kier alpha value is -3.62. The third-order valence-electron chi connectivity index (χ3n) is 5.02. The first-order valence-corrected chi connectivity index (χ1v) is 8.54. The number of nitrogens with zero attached hydrogens (tertiary/aromatic N) is 2. The maximum absolute atomic E-state index is 10.0. The van der Waals surface area contributed by atoms with Crippen molar-refractivity contribution in [2.75, 3.05) is 0 Å². The van der Waals surface area contributed by atoms with Crippen LogP contribution >= 0.6 is 0 Å². The average Bonchev–Trinajstić information content (AvgIpc) is 2.86. The van der Waals surface area contributed by atoms with Gasteiger partial charge in [-0.25, -0.2) is 0 Å². The second-order valence-electron chi connectivity index (χ2n) is 6.45. The molecule has 0 fully saturated rings. The lowest BCUT2D eigenvalue weighted by molar-refractivity contribution is 0.579. The lowest BCUT2D eigenvalue weighted by Gasteiger charge is -2.24. The molecule has 0 aliphatic heterocycles. The van der Waals surface area contributed by atoms with Crippen LogP contribution in [0, 0.1) is 34.0 Å². The average molecular weight is 332 g/mol. The zero-order chi connectivity index (χ0) is 18.0. The molecule has 2 aromatic carbocycles. The Balaban J connectivity index is 1.88. The van der Waals surface area contributed by atoms with Crippen molar-refractivity contribution >= 4 is 11.1 Å². The summed E-state index contributed by atoms with van der Waals surface area (Å²) < 4.78 is 0. The van der Waals surface area contributed by atoms with Crippen LogP contribution in [-0.2, 0) is 0 Å². The van der Waals surface area contributed by atoms with E-state index in [4.69, 9.17) is 0 Å². The summed E-state index contributed by atoms with van der Waals surface area (Å²) in [6.07, 6.45) is 10.1. The molecule has 2 heteroatoms. The Labute approximate surface area is 153 Å². The van der Waals surface area contributed by atoms with E-state index in [9.17, 15) is 10.5 Å². The smallest absolute Gasteiger partial charge is 0.179 e. The Morgan fingerprint density at radius 2 is 1.42 bits per heavy atom. The van der Waals surface area contributed by atoms with Gasteiger partial charge in [-0.1, -0.05) is 91.0 Å². The molecule has 0 spiro atoms. The van der Waals surface area contributed by atoms with Gasteiger partial charge in [0.25, 0.3) is 0 Å². The topological polar surface area (TPSA) is 47.6 Å². The molecule has 0 bridgehead atoms. The molecule has 0 amide bonds. The van der Waals surface area contributed by atoms with Crippen molar-refractivity contribution in [1.29, 1.82) is 10.5 Å². The van der Waals surface area contributed by atoms with Crippen molar-refractivity contribution in [2.24, 2.45) is 11.3 Å². The van der Waals surface area contributed by atoms with Gasteiger partial charge in [-0.2, -0.15) is 10.5 Å². The lowest BCUT2D eigenvalue weighted by Crippen LogP contribution is -2.24. The Morgan fingerprint density at radius 1 is 0.808 bits per heavy atom. The summed E-state index contributed by atoms with van der Waals surface area (Å²) in [7, 11) is 0. The van der Waals surface area contributed by atoms with Crippen LogP contribution in [0.1, 0.15) is 11.1 Å². The van der Waals surface area contributed by atoms with Crippen LogP contribution in [0.15, 0.2) is 96.6 Å². The molecule has 0 aromatic heterocycles. The van der Waals surface area contributed by atoms with Gasteiger partial charge >= 0.3 is 0 Å². The Kier molecular flexibility index (Phi) is 3.88. The van der Waals surface area contributed by atoms with E-state index >= 15 is 0 Å². The molecule has 1 atom stereocenters. The highest BCUT2D eigenvalue weighted by Crippen LogP contribution is 2.52. The summed E-state index contributed by atoms with van der Waals surface area (Å²) in [6, 6.07) is 24.4. The molecule has 122 valence electrons. The van der Waals surface area contributed by atoms with Crippen LogP contribution < -0.4 is 0 Å². The molecular weight excluding hydrogens is 316 g/mol. The molecule has 0 radical (unpaired) electrons. The fourth-order valence-electron chi connectivity index (χ4n) is 3.70. The summed E-state index contributed by atoms with van der Waals surface area (Å²) in [4.78, 5) is 0. The molecule has 0 heterocycles. The van der Waals surface area contributed by atoms with Crippen molar-refractivity contribution in [3.8, 4) is 12.1 Å². The molecule has 2 aliphatic rings. The van der Waals surface area contributed by atoms with E-state index in [2.05, 4.69) is 18.2 Å². The van der Waals surface area contributed by atoms with Gasteiger partial charge in [0.2, 0.25) is 0 Å². The van der Waals surface area contributed by atoms with E-state index < -0.39 is 5.41 Å². The molecule has 2 aromatic rings. The molecule has 4 rings (SSSR count). The molecule has 1 unspecified atom stereocenters. The van der Waals surface area contributed by atoms with Crippen LogP contribution in [0.4, 0.5) is 0 Å². The minimum Gasteiger partial charge on any atom is -0.196 e. The van der Waals surface area contributed by atoms with Gasteiger partial charge < -0.3 is 0 Å². The molecule has 2 nitrogen and oxygen atoms in total. The zero-order valence-electron chi connectivity index (χ0n) is 14.1. The molecule has 0 saturated heterocycles. The normalized spacial score (nSPS) is 19.9. The van der Waals surface area contributed by atoms with Crippen molar-refractivity contribution in [3.63, 3.8) is 0 Å². The van der Waals surface area contributed by atoms with E-state index in [0.717, 1.165) is 27.8 Å². The summed E-state index contributed by atoms with van der Waals surface area (Å²) in [5.74, 6) is -0.294. The standard InChI is InChI=1S/C24H16N2/c25-16-24(17-26)22(19-10-5-2-6-11-19)15-21-13-7-12-20(14-23(21)24)18-8-3-1-4-9-18/h1-15,23H. The van der Waals surface area contributed by atoms with E-state index in [1.807, 2.05) is 85.0 Å². The maximum atomic E-state index is 10.0. The SMILES string of the molecule is N#CC1(C#N)C(c2ccccc2)=CC2=CC=CC(c3ccccc3)=CC21. The van der Waals surface area contributed by atoms with Crippen LogP contribution in [0.3, 0.4) is 0 Å². The van der Waals surface area contributed by atoms with Crippen LogP contribution in [0.2, 0.25) is 0 Å². The van der Waals surface area contributed by atoms with Gasteiger partial charge in [0.15, 0.2) is 5.41 Å². The quantitative estimate of drug-likeness (QED) is 0.748. The van der Waals surface area contributed by atoms with Crippen molar-refractivity contribution < 1.29 is 0 Å². The first-order valence-electron chi connectivity index (χ1n) is 8.54. The van der Waals surface area contributed by atoms with E-state index in [1.165, 1.54) is 0 Å². The fourth-order valence-corrected chi connectivity index (χ4v) is 3.70. The van der Waals surface area contributed by atoms with Crippen molar-refractivity contribution in [2.45, 2.75) is 0 Å². The second-order valence-corrected chi connectivity index (χ2v) is 6.45. The van der Waals surface area contributed by atoms with E-state index in [1.54, 1.807) is 0 Å². The first-order chi connectivity index (χ1) is 12.8. The van der Waals surface area contributed by atoms with Gasteiger partial charge in [-0.3, -0.25) is 0 Å². The van der Waals surface area contributed by atoms with Crippen LogP contribution in [-0.4, -0.2) is 0 Å². The third-order valence-corrected chi connectivity index (χ3v) is 5.02. The monoisotopic (exact) mass is 332 g/mol. The van der Waals surface area contributed by atoms with E-state index in [-0.39, 0.29) is 5.92 Å². The molecule has 0 saturated carbocycles. The van der Waals surface area contributed by atoms with Gasteiger partial charge in [0, 0.05) is 5.92 Å².